The van der Waals surface area contributed by atoms with Crippen LogP contribution in [0.3, 0.4) is 0 Å². The largest absolute Gasteiger partial charge is 0.479 e. The summed E-state index contributed by atoms with van der Waals surface area (Å²) in [5.74, 6) is -0.788. The van der Waals surface area contributed by atoms with Crippen molar-refractivity contribution < 1.29 is 28.2 Å². The quantitative estimate of drug-likeness (QED) is 0.500. The molecule has 35 heavy (non-hydrogen) atoms. The molecule has 1 saturated heterocycles. The second kappa shape index (κ2) is 12.3. The van der Waals surface area contributed by atoms with Gasteiger partial charge < -0.3 is 25.4 Å². The summed E-state index contributed by atoms with van der Waals surface area (Å²) in [6.07, 6.45) is 0.838. The molecule has 0 spiro atoms. The average Bonchev–Trinajstić information content (AvgIpc) is 3.34. The molecule has 188 valence electrons. The number of nitrogens with two attached hydrogens (primary N) is 1. The van der Waals surface area contributed by atoms with Crippen LogP contribution in [-0.4, -0.2) is 54.0 Å². The summed E-state index contributed by atoms with van der Waals surface area (Å²) < 4.78 is 23.6. The summed E-state index contributed by atoms with van der Waals surface area (Å²) >= 11 is 0. The molecule has 3 atom stereocenters. The number of carbonyl (C=O) groups is 3. The molecule has 1 aliphatic heterocycles. The average molecular weight is 486 g/mol. The van der Waals surface area contributed by atoms with Gasteiger partial charge >= 0.3 is 5.97 Å². The summed E-state index contributed by atoms with van der Waals surface area (Å²) in [6, 6.07) is 11.5. The van der Waals surface area contributed by atoms with E-state index in [2.05, 4.69) is 5.32 Å². The standard InChI is InChI=1S/C26H32FN3O5/c1-3-34-26(33)17(2)35-21-12-8-19(9-13-21)16-29-24(31)23-5-4-14-30(23)25(32)22(28)15-18-6-10-20(27)11-7-18/h6-13,17,22-23H,3-5,14-16,28H2,1-2H3,(H,29,31)/t17?,22-,23-/m0/s1. The van der Waals surface area contributed by atoms with Crippen molar-refractivity contribution in [3.8, 4) is 5.75 Å². The first-order chi connectivity index (χ1) is 16.8. The normalized spacial score (nSPS) is 16.9. The third kappa shape index (κ3) is 7.26. The van der Waals surface area contributed by atoms with Crippen LogP contribution in [0.5, 0.6) is 5.75 Å². The lowest BCUT2D eigenvalue weighted by Crippen LogP contribution is -2.51. The number of hydrogen-bond acceptors (Lipinski definition) is 6. The van der Waals surface area contributed by atoms with E-state index in [-0.39, 0.29) is 37.2 Å². The van der Waals surface area contributed by atoms with Crippen LogP contribution < -0.4 is 15.8 Å². The molecule has 1 heterocycles. The maximum atomic E-state index is 13.1. The van der Waals surface area contributed by atoms with E-state index in [9.17, 15) is 18.8 Å². The summed E-state index contributed by atoms with van der Waals surface area (Å²) in [6.45, 7) is 4.39. The number of esters is 1. The third-order valence-corrected chi connectivity index (χ3v) is 5.85. The van der Waals surface area contributed by atoms with Crippen LogP contribution >= 0.6 is 0 Å². The molecule has 1 aliphatic rings. The number of hydrogen-bond donors (Lipinski definition) is 2. The molecule has 9 heteroatoms. The highest BCUT2D eigenvalue weighted by Crippen LogP contribution is 2.20. The highest BCUT2D eigenvalue weighted by Gasteiger charge is 2.36. The lowest BCUT2D eigenvalue weighted by Gasteiger charge is -2.26. The first kappa shape index (κ1) is 26.2. The van der Waals surface area contributed by atoms with Crippen LogP contribution in [0.25, 0.3) is 0 Å². The molecule has 8 nitrogen and oxygen atoms in total. The predicted octanol–water partition coefficient (Wildman–Crippen LogP) is 2.33. The second-order valence-electron chi connectivity index (χ2n) is 8.50. The maximum Gasteiger partial charge on any atom is 0.347 e. The van der Waals surface area contributed by atoms with Gasteiger partial charge in [0.15, 0.2) is 6.10 Å². The van der Waals surface area contributed by atoms with E-state index >= 15 is 0 Å². The van der Waals surface area contributed by atoms with E-state index in [1.165, 1.54) is 17.0 Å². The van der Waals surface area contributed by atoms with E-state index in [0.29, 0.717) is 18.7 Å². The van der Waals surface area contributed by atoms with Gasteiger partial charge in [-0.3, -0.25) is 9.59 Å². The maximum absolute atomic E-state index is 13.1. The van der Waals surface area contributed by atoms with Gasteiger partial charge in [-0.1, -0.05) is 24.3 Å². The zero-order valence-corrected chi connectivity index (χ0v) is 20.0. The number of carbonyl (C=O) groups excluding carboxylic acids is 3. The number of halogens is 1. The molecule has 1 unspecified atom stereocenters. The number of amides is 2. The Kier molecular flexibility index (Phi) is 9.19. The predicted molar refractivity (Wildman–Crippen MR) is 128 cm³/mol. The van der Waals surface area contributed by atoms with E-state index in [1.807, 2.05) is 0 Å². The molecule has 0 aromatic heterocycles. The van der Waals surface area contributed by atoms with E-state index in [0.717, 1.165) is 17.5 Å². The van der Waals surface area contributed by atoms with Crippen molar-refractivity contribution in [2.24, 2.45) is 5.73 Å². The molecule has 0 aliphatic carbocycles. The zero-order valence-electron chi connectivity index (χ0n) is 20.0. The van der Waals surface area contributed by atoms with E-state index < -0.39 is 24.2 Å². The van der Waals surface area contributed by atoms with Crippen molar-refractivity contribution in [3.63, 3.8) is 0 Å². The van der Waals surface area contributed by atoms with Gasteiger partial charge in [-0.15, -0.1) is 0 Å². The minimum Gasteiger partial charge on any atom is -0.479 e. The summed E-state index contributed by atoms with van der Waals surface area (Å²) in [4.78, 5) is 39.0. The van der Waals surface area contributed by atoms with E-state index in [1.54, 1.807) is 50.2 Å². The Labute approximate surface area is 204 Å². The van der Waals surface area contributed by atoms with Gasteiger partial charge in [0.2, 0.25) is 11.8 Å². The molecule has 0 radical (unpaired) electrons. The minimum absolute atomic E-state index is 0.235. The van der Waals surface area contributed by atoms with Crippen molar-refractivity contribution >= 4 is 17.8 Å². The fourth-order valence-corrected chi connectivity index (χ4v) is 3.98. The topological polar surface area (TPSA) is 111 Å². The first-order valence-corrected chi connectivity index (χ1v) is 11.8. The van der Waals surface area contributed by atoms with Gasteiger partial charge in [-0.05, 0) is 68.5 Å². The zero-order chi connectivity index (χ0) is 25.4. The molecular formula is C26H32FN3O5. The number of rotatable bonds is 10. The Morgan fingerprint density at radius 1 is 1.11 bits per heavy atom. The smallest absolute Gasteiger partial charge is 0.347 e. The Morgan fingerprint density at radius 2 is 1.77 bits per heavy atom. The van der Waals surface area contributed by atoms with Crippen molar-refractivity contribution in [2.75, 3.05) is 13.2 Å². The summed E-state index contributed by atoms with van der Waals surface area (Å²) in [5.41, 5.74) is 7.73. The van der Waals surface area contributed by atoms with Crippen molar-refractivity contribution in [3.05, 3.63) is 65.5 Å². The summed E-state index contributed by atoms with van der Waals surface area (Å²) in [7, 11) is 0. The van der Waals surface area contributed by atoms with Crippen molar-refractivity contribution in [2.45, 2.75) is 57.8 Å². The molecule has 2 aromatic carbocycles. The van der Waals surface area contributed by atoms with Crippen molar-refractivity contribution in [1.82, 2.24) is 10.2 Å². The molecule has 0 saturated carbocycles. The number of benzene rings is 2. The van der Waals surface area contributed by atoms with Gasteiger partial charge in [-0.25, -0.2) is 9.18 Å². The molecule has 3 N–H and O–H groups in total. The van der Waals surface area contributed by atoms with Gasteiger partial charge in [0, 0.05) is 13.1 Å². The second-order valence-corrected chi connectivity index (χ2v) is 8.50. The number of ether oxygens (including phenoxy) is 2. The van der Waals surface area contributed by atoms with Crippen LogP contribution in [0.2, 0.25) is 0 Å². The van der Waals surface area contributed by atoms with Crippen LogP contribution in [0, 0.1) is 5.82 Å². The lowest BCUT2D eigenvalue weighted by molar-refractivity contribution is -0.150. The molecule has 2 aromatic rings. The fraction of sp³-hybridized carbons (Fsp3) is 0.423. The first-order valence-electron chi connectivity index (χ1n) is 11.8. The fourth-order valence-electron chi connectivity index (χ4n) is 3.98. The van der Waals surface area contributed by atoms with Crippen LogP contribution in [0.1, 0.15) is 37.8 Å². The number of likely N-dealkylation sites (tertiary alicyclic amines) is 1. The van der Waals surface area contributed by atoms with Crippen LogP contribution in [0.4, 0.5) is 4.39 Å². The summed E-state index contributed by atoms with van der Waals surface area (Å²) in [5, 5.41) is 2.89. The Morgan fingerprint density at radius 3 is 2.43 bits per heavy atom. The SMILES string of the molecule is CCOC(=O)C(C)Oc1ccc(CNC(=O)[C@@H]2CCCN2C(=O)[C@@H](N)Cc2ccc(F)cc2)cc1. The third-order valence-electron chi connectivity index (χ3n) is 5.85. The Balaban J connectivity index is 1.51. The van der Waals surface area contributed by atoms with Crippen molar-refractivity contribution in [1.29, 1.82) is 0 Å². The van der Waals surface area contributed by atoms with Gasteiger partial charge in [-0.2, -0.15) is 0 Å². The molecule has 1 fully saturated rings. The van der Waals surface area contributed by atoms with Crippen LogP contribution in [0.15, 0.2) is 48.5 Å². The number of nitrogens with zero attached hydrogens (tertiary/aromatic N) is 1. The Hall–Kier alpha value is -3.46. The Bertz CT molecular complexity index is 1010. The van der Waals surface area contributed by atoms with Gasteiger partial charge in [0.05, 0.1) is 12.6 Å². The molecule has 3 rings (SSSR count). The minimum atomic E-state index is -0.807. The monoisotopic (exact) mass is 485 g/mol. The number of nitrogens with one attached hydrogen (secondary N) is 1. The molecular weight excluding hydrogens is 453 g/mol. The molecule has 0 bridgehead atoms. The van der Waals surface area contributed by atoms with Gasteiger partial charge in [0.25, 0.3) is 0 Å². The highest BCUT2D eigenvalue weighted by molar-refractivity contribution is 5.90. The van der Waals surface area contributed by atoms with Crippen LogP contribution in [-0.2, 0) is 32.1 Å². The van der Waals surface area contributed by atoms with Gasteiger partial charge in [0.1, 0.15) is 17.6 Å². The van der Waals surface area contributed by atoms with E-state index in [4.69, 9.17) is 15.2 Å². The lowest BCUT2D eigenvalue weighted by atomic mass is 10.0. The molecule has 2 amide bonds. The highest BCUT2D eigenvalue weighted by atomic mass is 19.1.